The van der Waals surface area contributed by atoms with Crippen LogP contribution in [0.2, 0.25) is 0 Å². The van der Waals surface area contributed by atoms with Crippen LogP contribution in [0.4, 0.5) is 5.69 Å². The monoisotopic (exact) mass is 359 g/mol. The Hall–Kier alpha value is -2.87. The second-order valence-corrected chi connectivity index (χ2v) is 6.54. The Morgan fingerprint density at radius 3 is 2.52 bits per heavy atom. The number of carboxylic acid groups (broad SMARTS) is 1. The summed E-state index contributed by atoms with van der Waals surface area (Å²) >= 11 is 1.18. The van der Waals surface area contributed by atoms with Crippen LogP contribution in [-0.4, -0.2) is 55.6 Å². The molecule has 0 unspecified atom stereocenters. The van der Waals surface area contributed by atoms with Crippen LogP contribution < -0.4 is 9.47 Å². The van der Waals surface area contributed by atoms with Crippen molar-refractivity contribution in [3.05, 3.63) is 23.2 Å². The summed E-state index contributed by atoms with van der Waals surface area (Å²) in [5.41, 5.74) is 1.11. The fraction of sp³-hybridized carbons (Fsp3) is 0.235. The third-order valence-corrected chi connectivity index (χ3v) is 4.83. The highest BCUT2D eigenvalue weighted by molar-refractivity contribution is 7.22. The van der Waals surface area contributed by atoms with Crippen molar-refractivity contribution in [3.8, 4) is 11.5 Å². The van der Waals surface area contributed by atoms with Crippen LogP contribution in [0.1, 0.15) is 9.67 Å². The lowest BCUT2D eigenvalue weighted by atomic mass is 10.1. The van der Waals surface area contributed by atoms with E-state index >= 15 is 0 Å². The van der Waals surface area contributed by atoms with Gasteiger partial charge < -0.3 is 19.5 Å². The predicted octanol–water partition coefficient (Wildman–Crippen LogP) is 3.39. The van der Waals surface area contributed by atoms with Gasteiger partial charge in [0.15, 0.2) is 11.5 Å². The number of aliphatic imine (C=N–C) groups is 1. The van der Waals surface area contributed by atoms with Gasteiger partial charge in [-0.1, -0.05) is 0 Å². The van der Waals surface area contributed by atoms with Crippen molar-refractivity contribution in [3.63, 3.8) is 0 Å². The van der Waals surface area contributed by atoms with Crippen LogP contribution in [0.3, 0.4) is 0 Å². The number of benzene rings is 1. The molecule has 3 rings (SSSR count). The molecular weight excluding hydrogens is 342 g/mol. The molecule has 130 valence electrons. The highest BCUT2D eigenvalue weighted by Gasteiger charge is 2.20. The molecule has 1 aromatic carbocycles. The molecule has 7 nitrogen and oxygen atoms in total. The van der Waals surface area contributed by atoms with Gasteiger partial charge in [-0.3, -0.25) is 4.98 Å². The molecule has 0 aliphatic rings. The van der Waals surface area contributed by atoms with E-state index in [0.29, 0.717) is 28.1 Å². The quantitative estimate of drug-likeness (QED) is 0.555. The number of rotatable bonds is 5. The van der Waals surface area contributed by atoms with Gasteiger partial charge in [-0.25, -0.2) is 9.79 Å². The minimum Gasteiger partial charge on any atom is -0.493 e. The molecule has 25 heavy (non-hydrogen) atoms. The summed E-state index contributed by atoms with van der Waals surface area (Å²) in [7, 11) is 6.76. The number of carboxylic acids is 1. The highest BCUT2D eigenvalue weighted by atomic mass is 32.1. The van der Waals surface area contributed by atoms with Crippen LogP contribution in [0.15, 0.2) is 23.3 Å². The summed E-state index contributed by atoms with van der Waals surface area (Å²) in [6.45, 7) is 0. The largest absolute Gasteiger partial charge is 0.493 e. The summed E-state index contributed by atoms with van der Waals surface area (Å²) in [5.74, 6) is 0.122. The normalized spacial score (nSPS) is 11.4. The Labute approximate surface area is 148 Å². The van der Waals surface area contributed by atoms with E-state index in [1.54, 1.807) is 37.7 Å². The number of nitrogens with zero attached hydrogens (tertiary/aromatic N) is 3. The average molecular weight is 359 g/mol. The van der Waals surface area contributed by atoms with E-state index in [1.807, 2.05) is 20.2 Å². The molecule has 0 spiro atoms. The Morgan fingerprint density at radius 2 is 1.92 bits per heavy atom. The second kappa shape index (κ2) is 6.56. The lowest BCUT2D eigenvalue weighted by Gasteiger charge is -2.09. The van der Waals surface area contributed by atoms with Crippen molar-refractivity contribution in [1.29, 1.82) is 0 Å². The van der Waals surface area contributed by atoms with Crippen molar-refractivity contribution in [2.45, 2.75) is 0 Å². The Bertz CT molecular complexity index is 995. The number of ether oxygens (including phenoxy) is 2. The molecule has 0 aliphatic carbocycles. The molecule has 1 N–H and O–H groups in total. The number of fused-ring (bicyclic) bond motifs is 3. The van der Waals surface area contributed by atoms with Gasteiger partial charge in [-0.15, -0.1) is 11.3 Å². The van der Waals surface area contributed by atoms with Crippen LogP contribution >= 0.6 is 11.3 Å². The van der Waals surface area contributed by atoms with Crippen LogP contribution in [-0.2, 0) is 0 Å². The van der Waals surface area contributed by atoms with Crippen molar-refractivity contribution in [2.75, 3.05) is 28.3 Å². The summed E-state index contributed by atoms with van der Waals surface area (Å²) in [6.07, 6.45) is 3.22. The summed E-state index contributed by atoms with van der Waals surface area (Å²) in [6, 6.07) is 3.58. The molecule has 3 aromatic rings. The summed E-state index contributed by atoms with van der Waals surface area (Å²) in [5, 5.41) is 11.0. The first-order valence-corrected chi connectivity index (χ1v) is 8.19. The minimum atomic E-state index is -1.01. The molecule has 0 saturated carbocycles. The Kier molecular flexibility index (Phi) is 4.45. The molecule has 2 aromatic heterocycles. The van der Waals surface area contributed by atoms with Gasteiger partial charge in [0, 0.05) is 41.8 Å². The zero-order chi connectivity index (χ0) is 18.1. The van der Waals surface area contributed by atoms with Crippen LogP contribution in [0.5, 0.6) is 11.5 Å². The maximum atomic E-state index is 11.7. The lowest BCUT2D eigenvalue weighted by Crippen LogP contribution is -2.07. The van der Waals surface area contributed by atoms with Gasteiger partial charge in [0.1, 0.15) is 4.88 Å². The molecule has 8 heteroatoms. The molecule has 0 fully saturated rings. The van der Waals surface area contributed by atoms with Crippen molar-refractivity contribution in [1.82, 2.24) is 9.88 Å². The van der Waals surface area contributed by atoms with Crippen molar-refractivity contribution >= 4 is 50.3 Å². The van der Waals surface area contributed by atoms with Gasteiger partial charge in [0.2, 0.25) is 0 Å². The van der Waals surface area contributed by atoms with Gasteiger partial charge in [0.25, 0.3) is 0 Å². The number of thiophene rings is 1. The third kappa shape index (κ3) is 2.96. The molecule has 2 heterocycles. The van der Waals surface area contributed by atoms with E-state index in [-0.39, 0.29) is 4.88 Å². The SMILES string of the molecule is COc1cc2ncc3c(/N=C/N(C)C)c(C(=O)O)sc3c2cc1OC. The Morgan fingerprint density at radius 1 is 1.24 bits per heavy atom. The smallest absolute Gasteiger partial charge is 0.348 e. The highest BCUT2D eigenvalue weighted by Crippen LogP contribution is 2.43. The fourth-order valence-electron chi connectivity index (χ4n) is 2.49. The zero-order valence-corrected chi connectivity index (χ0v) is 15.0. The van der Waals surface area contributed by atoms with E-state index < -0.39 is 5.97 Å². The second-order valence-electron chi connectivity index (χ2n) is 5.52. The first kappa shape index (κ1) is 17.0. The van der Waals surface area contributed by atoms with Crippen LogP contribution in [0, 0.1) is 0 Å². The maximum absolute atomic E-state index is 11.7. The standard InChI is InChI=1S/C17H17N3O4S/c1-20(2)8-19-14-10-7-18-11-6-13(24-4)12(23-3)5-9(11)15(10)25-16(14)17(21)22/h5-8H,1-4H3,(H,21,22)/b19-8+. The fourth-order valence-corrected chi connectivity index (χ4v) is 3.58. The van der Waals surface area contributed by atoms with E-state index in [2.05, 4.69) is 9.98 Å². The molecule has 0 saturated heterocycles. The van der Waals surface area contributed by atoms with Crippen molar-refractivity contribution < 1.29 is 19.4 Å². The summed E-state index contributed by atoms with van der Waals surface area (Å²) < 4.78 is 11.5. The number of aromatic carboxylic acids is 1. The summed E-state index contributed by atoms with van der Waals surface area (Å²) in [4.78, 5) is 22.4. The van der Waals surface area contributed by atoms with Crippen LogP contribution in [0.25, 0.3) is 21.0 Å². The average Bonchev–Trinajstić information content (AvgIpc) is 2.97. The van der Waals surface area contributed by atoms with E-state index in [0.717, 1.165) is 10.1 Å². The number of methoxy groups -OCH3 is 2. The van der Waals surface area contributed by atoms with E-state index in [9.17, 15) is 9.90 Å². The maximum Gasteiger partial charge on any atom is 0.348 e. The number of pyridine rings is 1. The number of aromatic nitrogens is 1. The topological polar surface area (TPSA) is 84.3 Å². The van der Waals surface area contributed by atoms with Gasteiger partial charge in [0.05, 0.1) is 31.8 Å². The van der Waals surface area contributed by atoms with Gasteiger partial charge in [-0.05, 0) is 6.07 Å². The first-order valence-electron chi connectivity index (χ1n) is 7.37. The van der Waals surface area contributed by atoms with E-state index in [1.165, 1.54) is 11.3 Å². The third-order valence-electron chi connectivity index (χ3n) is 3.61. The zero-order valence-electron chi connectivity index (χ0n) is 14.2. The van der Waals surface area contributed by atoms with E-state index in [4.69, 9.17) is 9.47 Å². The molecule has 0 amide bonds. The Balaban J connectivity index is 2.36. The molecule has 0 atom stereocenters. The molecule has 0 radical (unpaired) electrons. The lowest BCUT2D eigenvalue weighted by molar-refractivity contribution is 0.0703. The van der Waals surface area contributed by atoms with Gasteiger partial charge >= 0.3 is 5.97 Å². The number of carbonyl (C=O) groups is 1. The molecule has 0 aliphatic heterocycles. The molecular formula is C17H17N3O4S. The predicted molar refractivity (Wildman–Crippen MR) is 99.0 cm³/mol. The number of hydrogen-bond acceptors (Lipinski definition) is 6. The first-order chi connectivity index (χ1) is 12.0. The number of hydrogen-bond donors (Lipinski definition) is 1. The van der Waals surface area contributed by atoms with Gasteiger partial charge in [-0.2, -0.15) is 0 Å². The molecule has 0 bridgehead atoms. The van der Waals surface area contributed by atoms with Crippen molar-refractivity contribution in [2.24, 2.45) is 4.99 Å². The minimum absolute atomic E-state index is 0.178.